The zero-order valence-electron chi connectivity index (χ0n) is 28.3. The number of para-hydroxylation sites is 2. The molecule has 0 N–H and O–H groups in total. The molecule has 10 rings (SSSR count). The Labute approximate surface area is 297 Å². The Hall–Kier alpha value is -6.64. The Bertz CT molecular complexity index is 2890. The first-order valence-electron chi connectivity index (χ1n) is 17.6. The lowest BCUT2D eigenvalue weighted by molar-refractivity contribution is 1.17. The van der Waals surface area contributed by atoms with Crippen LogP contribution in [0.4, 0.5) is 0 Å². The molecule has 0 bridgehead atoms. The molecule has 2 nitrogen and oxygen atoms in total. The minimum atomic E-state index is 1.16. The number of hydrogen-bond donors (Lipinski definition) is 0. The van der Waals surface area contributed by atoms with Gasteiger partial charge >= 0.3 is 0 Å². The fourth-order valence-electron chi connectivity index (χ4n) is 7.87. The zero-order chi connectivity index (χ0) is 33.9. The van der Waals surface area contributed by atoms with Gasteiger partial charge in [0, 0.05) is 32.9 Å². The molecule has 240 valence electrons. The van der Waals surface area contributed by atoms with E-state index in [2.05, 4.69) is 204 Å². The molecule has 8 aromatic carbocycles. The average Bonchev–Trinajstić information content (AvgIpc) is 3.71. The molecular weight excluding hydrogens is 617 g/mol. The minimum Gasteiger partial charge on any atom is -0.309 e. The van der Waals surface area contributed by atoms with E-state index >= 15 is 0 Å². The molecule has 51 heavy (non-hydrogen) atoms. The van der Waals surface area contributed by atoms with Gasteiger partial charge in [-0.05, 0) is 113 Å². The first-order valence-corrected chi connectivity index (χ1v) is 17.6. The lowest BCUT2D eigenvalue weighted by atomic mass is 9.97. The topological polar surface area (TPSA) is 9.86 Å². The summed E-state index contributed by atoms with van der Waals surface area (Å²) in [5, 5.41) is 5.01. The molecular formula is C49H34N2. The fourth-order valence-corrected chi connectivity index (χ4v) is 7.87. The van der Waals surface area contributed by atoms with Gasteiger partial charge in [-0.3, -0.25) is 0 Å². The van der Waals surface area contributed by atoms with Gasteiger partial charge in [0.25, 0.3) is 0 Å². The second kappa shape index (κ2) is 11.8. The number of fused-ring (bicyclic) bond motifs is 6. The maximum Gasteiger partial charge on any atom is 0.0541 e. The largest absolute Gasteiger partial charge is 0.309 e. The van der Waals surface area contributed by atoms with Gasteiger partial charge in [0.05, 0.1) is 22.1 Å². The van der Waals surface area contributed by atoms with Crippen LogP contribution in [0.25, 0.3) is 88.4 Å². The third-order valence-corrected chi connectivity index (χ3v) is 10.4. The normalized spacial score (nSPS) is 11.6. The van der Waals surface area contributed by atoms with Crippen LogP contribution in [-0.4, -0.2) is 9.13 Å². The zero-order valence-corrected chi connectivity index (χ0v) is 28.3. The van der Waals surface area contributed by atoms with Crippen molar-refractivity contribution >= 4 is 43.6 Å². The summed E-state index contributed by atoms with van der Waals surface area (Å²) in [4.78, 5) is 0. The Balaban J connectivity index is 1.16. The van der Waals surface area contributed by atoms with Gasteiger partial charge in [-0.1, -0.05) is 121 Å². The molecule has 0 amide bonds. The fraction of sp³-hybridized carbons (Fsp3) is 0.0204. The van der Waals surface area contributed by atoms with Crippen molar-refractivity contribution in [1.29, 1.82) is 0 Å². The molecule has 0 aliphatic carbocycles. The van der Waals surface area contributed by atoms with Gasteiger partial charge in [0.2, 0.25) is 0 Å². The van der Waals surface area contributed by atoms with Crippen molar-refractivity contribution in [3.63, 3.8) is 0 Å². The highest BCUT2D eigenvalue weighted by Gasteiger charge is 2.17. The molecule has 0 atom stereocenters. The molecule has 2 heterocycles. The van der Waals surface area contributed by atoms with E-state index in [4.69, 9.17) is 0 Å². The monoisotopic (exact) mass is 650 g/mol. The molecule has 0 unspecified atom stereocenters. The van der Waals surface area contributed by atoms with E-state index < -0.39 is 0 Å². The molecule has 2 heteroatoms. The molecule has 0 saturated carbocycles. The Morgan fingerprint density at radius 2 is 0.686 bits per heavy atom. The summed E-state index contributed by atoms with van der Waals surface area (Å²) in [5.41, 5.74) is 15.7. The summed E-state index contributed by atoms with van der Waals surface area (Å²) >= 11 is 0. The van der Waals surface area contributed by atoms with Crippen LogP contribution in [0, 0.1) is 6.92 Å². The Kier molecular flexibility index (Phi) is 6.75. The predicted octanol–water partition coefficient (Wildman–Crippen LogP) is 13.2. The smallest absolute Gasteiger partial charge is 0.0541 e. The van der Waals surface area contributed by atoms with E-state index in [9.17, 15) is 0 Å². The number of aryl methyl sites for hydroxylation is 1. The van der Waals surface area contributed by atoms with Gasteiger partial charge in [-0.2, -0.15) is 0 Å². The third kappa shape index (κ3) is 4.87. The highest BCUT2D eigenvalue weighted by molar-refractivity contribution is 6.13. The Morgan fingerprint density at radius 1 is 0.275 bits per heavy atom. The van der Waals surface area contributed by atoms with Gasteiger partial charge in [0.15, 0.2) is 0 Å². The van der Waals surface area contributed by atoms with Crippen LogP contribution < -0.4 is 0 Å². The van der Waals surface area contributed by atoms with Gasteiger partial charge < -0.3 is 9.13 Å². The van der Waals surface area contributed by atoms with Gasteiger partial charge in [-0.25, -0.2) is 0 Å². The quantitative estimate of drug-likeness (QED) is 0.175. The summed E-state index contributed by atoms with van der Waals surface area (Å²) in [6.07, 6.45) is 0. The third-order valence-electron chi connectivity index (χ3n) is 10.4. The minimum absolute atomic E-state index is 1.16. The van der Waals surface area contributed by atoms with Gasteiger partial charge in [0.1, 0.15) is 0 Å². The van der Waals surface area contributed by atoms with E-state index in [0.29, 0.717) is 0 Å². The average molecular weight is 651 g/mol. The standard InChI is InChI=1S/C49H34N2/c1-33-19-24-41(25-20-33)51-46-18-9-8-17-42(46)43-30-38(22-26-47(43)51)39-23-28-49-45(32-39)44-31-37(21-27-48(44)50(49)40-15-6-3-7-16-40)36-14-10-13-35(29-36)34-11-4-2-5-12-34/h2-32H,1H3. The van der Waals surface area contributed by atoms with Crippen LogP contribution in [0.1, 0.15) is 5.56 Å². The van der Waals surface area contributed by atoms with Crippen molar-refractivity contribution in [3.05, 3.63) is 194 Å². The Morgan fingerprint density at radius 3 is 1.27 bits per heavy atom. The van der Waals surface area contributed by atoms with Crippen molar-refractivity contribution in [3.8, 4) is 44.8 Å². The first-order chi connectivity index (χ1) is 25.2. The summed E-state index contributed by atoms with van der Waals surface area (Å²) < 4.78 is 4.79. The summed E-state index contributed by atoms with van der Waals surface area (Å²) in [6, 6.07) is 68.7. The molecule has 0 radical (unpaired) electrons. The van der Waals surface area contributed by atoms with E-state index in [-0.39, 0.29) is 0 Å². The molecule has 0 spiro atoms. The molecule has 0 aliphatic rings. The van der Waals surface area contributed by atoms with Crippen molar-refractivity contribution < 1.29 is 0 Å². The maximum atomic E-state index is 2.40. The van der Waals surface area contributed by atoms with Crippen molar-refractivity contribution in [2.45, 2.75) is 6.92 Å². The molecule has 0 fully saturated rings. The van der Waals surface area contributed by atoms with Crippen molar-refractivity contribution in [2.24, 2.45) is 0 Å². The lowest BCUT2D eigenvalue weighted by Gasteiger charge is -2.09. The second-order valence-electron chi connectivity index (χ2n) is 13.5. The lowest BCUT2D eigenvalue weighted by Crippen LogP contribution is -1.93. The van der Waals surface area contributed by atoms with E-state index in [1.54, 1.807) is 0 Å². The van der Waals surface area contributed by atoms with Crippen molar-refractivity contribution in [2.75, 3.05) is 0 Å². The van der Waals surface area contributed by atoms with E-state index in [0.717, 1.165) is 5.69 Å². The predicted molar refractivity (Wildman–Crippen MR) is 216 cm³/mol. The molecule has 0 saturated heterocycles. The molecule has 0 aliphatic heterocycles. The van der Waals surface area contributed by atoms with Gasteiger partial charge in [-0.15, -0.1) is 0 Å². The number of nitrogens with zero attached hydrogens (tertiary/aromatic N) is 2. The first kappa shape index (κ1) is 29.3. The number of benzene rings is 8. The van der Waals surface area contributed by atoms with Crippen LogP contribution in [0.15, 0.2) is 188 Å². The number of hydrogen-bond acceptors (Lipinski definition) is 0. The second-order valence-corrected chi connectivity index (χ2v) is 13.5. The van der Waals surface area contributed by atoms with Crippen molar-refractivity contribution in [1.82, 2.24) is 9.13 Å². The summed E-state index contributed by atoms with van der Waals surface area (Å²) in [7, 11) is 0. The van der Waals surface area contributed by atoms with E-state index in [1.807, 2.05) is 0 Å². The van der Waals surface area contributed by atoms with Crippen LogP contribution in [0.3, 0.4) is 0 Å². The molecule has 2 aromatic heterocycles. The van der Waals surface area contributed by atoms with Crippen LogP contribution in [-0.2, 0) is 0 Å². The number of rotatable bonds is 5. The number of aromatic nitrogens is 2. The highest BCUT2D eigenvalue weighted by atomic mass is 15.0. The SMILES string of the molecule is Cc1ccc(-n2c3ccccc3c3cc(-c4ccc5c(c4)c4cc(-c6cccc(-c7ccccc7)c6)ccc4n5-c4ccccc4)ccc32)cc1. The van der Waals surface area contributed by atoms with E-state index in [1.165, 1.54) is 88.2 Å². The van der Waals surface area contributed by atoms with Crippen LogP contribution >= 0.6 is 0 Å². The maximum absolute atomic E-state index is 2.40. The summed E-state index contributed by atoms with van der Waals surface area (Å²) in [5.74, 6) is 0. The highest BCUT2D eigenvalue weighted by Crippen LogP contribution is 2.39. The summed E-state index contributed by atoms with van der Waals surface area (Å²) in [6.45, 7) is 2.14. The van der Waals surface area contributed by atoms with Crippen LogP contribution in [0.2, 0.25) is 0 Å². The van der Waals surface area contributed by atoms with Crippen LogP contribution in [0.5, 0.6) is 0 Å². The molecule has 10 aromatic rings.